The van der Waals surface area contributed by atoms with Gasteiger partial charge in [0, 0.05) is 12.4 Å². The van der Waals surface area contributed by atoms with Crippen molar-refractivity contribution in [2.75, 3.05) is 6.61 Å². The van der Waals surface area contributed by atoms with Crippen LogP contribution < -0.4 is 10.3 Å². The van der Waals surface area contributed by atoms with Crippen LogP contribution in [0, 0.1) is 0 Å². The molecule has 0 saturated heterocycles. The predicted molar refractivity (Wildman–Crippen MR) is 65.4 cm³/mol. The fourth-order valence-electron chi connectivity index (χ4n) is 1.68. The molecule has 17 heavy (non-hydrogen) atoms. The zero-order valence-corrected chi connectivity index (χ0v) is 9.77. The Morgan fingerprint density at radius 1 is 1.35 bits per heavy atom. The second-order valence-electron chi connectivity index (χ2n) is 3.92. The van der Waals surface area contributed by atoms with Gasteiger partial charge < -0.3 is 9.30 Å². The molecule has 2 rings (SSSR count). The number of hydrogen-bond acceptors (Lipinski definition) is 3. The van der Waals surface area contributed by atoms with Gasteiger partial charge in [-0.15, -0.1) is 0 Å². The molecule has 4 nitrogen and oxygen atoms in total. The summed E-state index contributed by atoms with van der Waals surface area (Å²) in [4.78, 5) is 22.8. The molecule has 0 N–H and O–H groups in total. The highest BCUT2D eigenvalue weighted by molar-refractivity contribution is 5.80. The molecule has 0 aliphatic carbocycles. The second-order valence-corrected chi connectivity index (χ2v) is 3.92. The molecule has 0 aliphatic heterocycles. The normalized spacial score (nSPS) is 10.5. The molecule has 0 saturated carbocycles. The van der Waals surface area contributed by atoms with Crippen molar-refractivity contribution in [2.24, 2.45) is 7.05 Å². The summed E-state index contributed by atoms with van der Waals surface area (Å²) >= 11 is 0. The number of hydrogen-bond donors (Lipinski definition) is 0. The largest absolute Gasteiger partial charge is 0.480 e. The van der Waals surface area contributed by atoms with E-state index in [1.54, 1.807) is 13.1 Å². The van der Waals surface area contributed by atoms with Gasteiger partial charge >= 0.3 is 0 Å². The first-order valence-corrected chi connectivity index (χ1v) is 5.30. The number of rotatable bonds is 3. The average molecular weight is 231 g/mol. The summed E-state index contributed by atoms with van der Waals surface area (Å²) in [6.07, 6.45) is 0. The van der Waals surface area contributed by atoms with Crippen LogP contribution >= 0.6 is 0 Å². The number of carbonyl (C=O) groups is 1. The van der Waals surface area contributed by atoms with Gasteiger partial charge in [0.05, 0.1) is 5.52 Å². The zero-order chi connectivity index (χ0) is 12.4. The van der Waals surface area contributed by atoms with Gasteiger partial charge in [-0.2, -0.15) is 0 Å². The highest BCUT2D eigenvalue weighted by atomic mass is 16.5. The molecule has 0 atom stereocenters. The lowest BCUT2D eigenvalue weighted by molar-refractivity contribution is -0.118. The molecule has 88 valence electrons. The van der Waals surface area contributed by atoms with Crippen LogP contribution in [0.2, 0.25) is 0 Å². The summed E-state index contributed by atoms with van der Waals surface area (Å²) in [6.45, 7) is 1.35. The summed E-state index contributed by atoms with van der Waals surface area (Å²) in [6, 6.07) is 9.20. The number of para-hydroxylation sites is 1. The van der Waals surface area contributed by atoms with Crippen LogP contribution in [0.1, 0.15) is 6.92 Å². The van der Waals surface area contributed by atoms with Gasteiger partial charge in [-0.05, 0) is 19.1 Å². The minimum Gasteiger partial charge on any atom is -0.480 e. The maximum absolute atomic E-state index is 11.9. The van der Waals surface area contributed by atoms with Gasteiger partial charge in [0.15, 0.2) is 11.5 Å². The van der Waals surface area contributed by atoms with Crippen LogP contribution in [0.15, 0.2) is 35.1 Å². The van der Waals surface area contributed by atoms with E-state index in [1.807, 2.05) is 24.3 Å². The van der Waals surface area contributed by atoms with E-state index in [2.05, 4.69) is 0 Å². The smallest absolute Gasteiger partial charge is 0.293 e. The van der Waals surface area contributed by atoms with Crippen molar-refractivity contribution in [1.29, 1.82) is 0 Å². The Hall–Kier alpha value is -2.10. The first kappa shape index (κ1) is 11.4. The first-order chi connectivity index (χ1) is 8.09. The first-order valence-electron chi connectivity index (χ1n) is 5.30. The Morgan fingerprint density at radius 3 is 2.76 bits per heavy atom. The van der Waals surface area contributed by atoms with Crippen molar-refractivity contribution in [3.8, 4) is 5.75 Å². The molecule has 0 amide bonds. The Labute approximate surface area is 98.4 Å². The number of Topliss-reactive ketones (excluding diaryl/α,β-unsaturated/α-hetero) is 1. The van der Waals surface area contributed by atoms with E-state index in [-0.39, 0.29) is 23.7 Å². The maximum Gasteiger partial charge on any atom is 0.293 e. The van der Waals surface area contributed by atoms with Crippen LogP contribution in [0.5, 0.6) is 5.75 Å². The van der Waals surface area contributed by atoms with E-state index in [0.717, 1.165) is 10.9 Å². The van der Waals surface area contributed by atoms with Crippen molar-refractivity contribution in [3.05, 3.63) is 40.7 Å². The van der Waals surface area contributed by atoms with Gasteiger partial charge in [0.1, 0.15) is 6.61 Å². The van der Waals surface area contributed by atoms with Crippen LogP contribution in [0.25, 0.3) is 10.9 Å². The minimum atomic E-state index is -0.232. The van der Waals surface area contributed by atoms with Crippen LogP contribution in [-0.4, -0.2) is 17.0 Å². The Bertz CT molecular complexity index is 628. The molecular weight excluding hydrogens is 218 g/mol. The van der Waals surface area contributed by atoms with Crippen molar-refractivity contribution in [3.63, 3.8) is 0 Å². The fourth-order valence-corrected chi connectivity index (χ4v) is 1.68. The molecule has 0 bridgehead atoms. The average Bonchev–Trinajstić information content (AvgIpc) is 2.32. The number of carbonyl (C=O) groups excluding carboxylic acids is 1. The molecule has 0 unspecified atom stereocenters. The van der Waals surface area contributed by atoms with E-state index in [0.29, 0.717) is 0 Å². The number of aromatic nitrogens is 1. The third-order valence-electron chi connectivity index (χ3n) is 2.53. The quantitative estimate of drug-likeness (QED) is 0.804. The summed E-state index contributed by atoms with van der Waals surface area (Å²) in [5, 5.41) is 0.910. The van der Waals surface area contributed by atoms with Crippen LogP contribution in [-0.2, 0) is 11.8 Å². The molecule has 0 radical (unpaired) electrons. The molecular formula is C13H13NO3. The molecule has 1 heterocycles. The molecule has 1 aromatic carbocycles. The fraction of sp³-hybridized carbons (Fsp3) is 0.231. The van der Waals surface area contributed by atoms with Gasteiger partial charge in [0.2, 0.25) is 0 Å². The number of aryl methyl sites for hydroxylation is 1. The van der Waals surface area contributed by atoms with E-state index in [9.17, 15) is 9.59 Å². The van der Waals surface area contributed by atoms with E-state index in [4.69, 9.17) is 4.74 Å². The van der Waals surface area contributed by atoms with E-state index in [1.165, 1.54) is 11.5 Å². The number of fused-ring (bicyclic) bond motifs is 1. The number of nitrogens with zero attached hydrogens (tertiary/aromatic N) is 1. The molecule has 4 heteroatoms. The molecule has 1 aromatic heterocycles. The lowest BCUT2D eigenvalue weighted by Gasteiger charge is -2.08. The maximum atomic E-state index is 11.9. The molecule has 2 aromatic rings. The highest BCUT2D eigenvalue weighted by Gasteiger charge is 2.07. The van der Waals surface area contributed by atoms with E-state index >= 15 is 0 Å². The molecule has 0 fully saturated rings. The standard InChI is InChI=1S/C13H13NO3/c1-9(15)8-17-12-7-10-5-3-4-6-11(10)14(2)13(12)16/h3-7H,8H2,1-2H3. The van der Waals surface area contributed by atoms with Crippen molar-refractivity contribution in [2.45, 2.75) is 6.92 Å². The predicted octanol–water partition coefficient (Wildman–Crippen LogP) is 1.51. The Morgan fingerprint density at radius 2 is 2.06 bits per heavy atom. The lowest BCUT2D eigenvalue weighted by Crippen LogP contribution is -2.21. The summed E-state index contributed by atoms with van der Waals surface area (Å²) < 4.78 is 6.72. The van der Waals surface area contributed by atoms with Crippen molar-refractivity contribution < 1.29 is 9.53 Å². The van der Waals surface area contributed by atoms with Gasteiger partial charge in [0.25, 0.3) is 5.56 Å². The Kier molecular flexibility index (Phi) is 2.95. The van der Waals surface area contributed by atoms with Gasteiger partial charge in [-0.1, -0.05) is 18.2 Å². The molecule has 0 aliphatic rings. The highest BCUT2D eigenvalue weighted by Crippen LogP contribution is 2.15. The van der Waals surface area contributed by atoms with Crippen molar-refractivity contribution in [1.82, 2.24) is 4.57 Å². The number of pyridine rings is 1. The topological polar surface area (TPSA) is 48.3 Å². The number of ether oxygens (including phenoxy) is 1. The van der Waals surface area contributed by atoms with Gasteiger partial charge in [-0.3, -0.25) is 9.59 Å². The Balaban J connectivity index is 2.54. The summed E-state index contributed by atoms with van der Waals surface area (Å²) in [5.74, 6) is 0.0987. The summed E-state index contributed by atoms with van der Waals surface area (Å²) in [7, 11) is 1.69. The monoisotopic (exact) mass is 231 g/mol. The van der Waals surface area contributed by atoms with Crippen LogP contribution in [0.3, 0.4) is 0 Å². The van der Waals surface area contributed by atoms with Crippen LogP contribution in [0.4, 0.5) is 0 Å². The lowest BCUT2D eigenvalue weighted by atomic mass is 10.2. The third-order valence-corrected chi connectivity index (χ3v) is 2.53. The zero-order valence-electron chi connectivity index (χ0n) is 9.77. The SMILES string of the molecule is CC(=O)COc1cc2ccccc2n(C)c1=O. The summed E-state index contributed by atoms with van der Waals surface area (Å²) in [5.41, 5.74) is 0.609. The van der Waals surface area contributed by atoms with Crippen molar-refractivity contribution >= 4 is 16.7 Å². The number of ketones is 1. The van der Waals surface area contributed by atoms with Gasteiger partial charge in [-0.25, -0.2) is 0 Å². The third kappa shape index (κ3) is 2.20. The van der Waals surface area contributed by atoms with E-state index < -0.39 is 0 Å². The number of benzene rings is 1. The molecule has 0 spiro atoms. The second kappa shape index (κ2) is 4.41. The minimum absolute atomic E-state index is 0.0758.